The Bertz CT molecular complexity index is 820. The third kappa shape index (κ3) is 4.74. The molecule has 1 fully saturated rings. The molecule has 0 spiro atoms. The number of nitrogens with one attached hydrogen (secondary N) is 1. The molecule has 27 heavy (non-hydrogen) atoms. The van der Waals surface area contributed by atoms with Gasteiger partial charge in [0.1, 0.15) is 10.7 Å². The van der Waals surface area contributed by atoms with E-state index in [0.717, 1.165) is 30.0 Å². The summed E-state index contributed by atoms with van der Waals surface area (Å²) in [6, 6.07) is 0. The zero-order chi connectivity index (χ0) is 19.6. The smallest absolute Gasteiger partial charge is 0.273 e. The second kappa shape index (κ2) is 7.80. The van der Waals surface area contributed by atoms with Crippen molar-refractivity contribution in [3.63, 3.8) is 0 Å². The number of aryl methyl sites for hydroxylation is 1. The van der Waals surface area contributed by atoms with Crippen molar-refractivity contribution >= 4 is 23.2 Å². The number of nitrogens with zero attached hydrogens (tertiary/aromatic N) is 4. The van der Waals surface area contributed by atoms with Crippen LogP contribution in [0.3, 0.4) is 0 Å². The lowest BCUT2D eigenvalue weighted by molar-refractivity contribution is -0.128. The van der Waals surface area contributed by atoms with Crippen LogP contribution in [0.2, 0.25) is 0 Å². The highest BCUT2D eigenvalue weighted by Crippen LogP contribution is 2.25. The molecule has 3 rings (SSSR count). The molecule has 0 aliphatic carbocycles. The van der Waals surface area contributed by atoms with Crippen molar-refractivity contribution in [2.75, 3.05) is 19.6 Å². The number of hydrogen-bond acceptors (Lipinski definition) is 5. The van der Waals surface area contributed by atoms with Crippen LogP contribution in [-0.4, -0.2) is 51.1 Å². The summed E-state index contributed by atoms with van der Waals surface area (Å²) in [6.07, 6.45) is 5.61. The first kappa shape index (κ1) is 19.5. The molecule has 1 aliphatic rings. The van der Waals surface area contributed by atoms with Crippen LogP contribution < -0.4 is 5.32 Å². The Balaban J connectivity index is 1.60. The van der Waals surface area contributed by atoms with Crippen LogP contribution in [0.25, 0.3) is 10.6 Å². The van der Waals surface area contributed by atoms with E-state index in [0.29, 0.717) is 18.8 Å². The molecule has 0 bridgehead atoms. The fraction of sp³-hybridized carbons (Fsp3) is 0.579. The second-order valence-electron chi connectivity index (χ2n) is 8.16. The molecular weight excluding hydrogens is 362 g/mol. The van der Waals surface area contributed by atoms with Gasteiger partial charge in [-0.15, -0.1) is 11.3 Å². The minimum absolute atomic E-state index is 0.0340. The van der Waals surface area contributed by atoms with Gasteiger partial charge in [-0.3, -0.25) is 14.3 Å². The normalized spacial score (nSPS) is 17.8. The molecule has 0 aromatic carbocycles. The van der Waals surface area contributed by atoms with Crippen molar-refractivity contribution in [3.05, 3.63) is 23.5 Å². The summed E-state index contributed by atoms with van der Waals surface area (Å²) < 4.78 is 1.72. The van der Waals surface area contributed by atoms with Crippen molar-refractivity contribution in [1.29, 1.82) is 0 Å². The Morgan fingerprint density at radius 1 is 1.37 bits per heavy atom. The van der Waals surface area contributed by atoms with Gasteiger partial charge in [-0.1, -0.05) is 20.8 Å². The van der Waals surface area contributed by atoms with Gasteiger partial charge in [0, 0.05) is 49.2 Å². The number of piperidine rings is 1. The van der Waals surface area contributed by atoms with Gasteiger partial charge in [-0.2, -0.15) is 5.10 Å². The summed E-state index contributed by atoms with van der Waals surface area (Å²) in [7, 11) is 1.86. The maximum absolute atomic E-state index is 12.9. The van der Waals surface area contributed by atoms with Gasteiger partial charge < -0.3 is 10.2 Å². The molecule has 3 heterocycles. The molecule has 1 saturated heterocycles. The van der Waals surface area contributed by atoms with Crippen molar-refractivity contribution in [3.8, 4) is 10.6 Å². The van der Waals surface area contributed by atoms with Crippen LogP contribution in [0, 0.1) is 11.3 Å². The van der Waals surface area contributed by atoms with Crippen LogP contribution >= 0.6 is 11.3 Å². The Hall–Kier alpha value is -2.22. The number of carbonyl (C=O) groups excluding carboxylic acids is 2. The lowest BCUT2D eigenvalue weighted by Crippen LogP contribution is -2.45. The molecule has 2 aromatic heterocycles. The summed E-state index contributed by atoms with van der Waals surface area (Å²) in [5, 5.41) is 9.79. The third-order valence-electron chi connectivity index (χ3n) is 4.71. The van der Waals surface area contributed by atoms with E-state index in [1.54, 1.807) is 10.9 Å². The maximum atomic E-state index is 12.9. The lowest BCUT2D eigenvalue weighted by atomic mass is 9.94. The topological polar surface area (TPSA) is 80.1 Å². The fourth-order valence-corrected chi connectivity index (χ4v) is 3.89. The van der Waals surface area contributed by atoms with Gasteiger partial charge in [0.05, 0.1) is 6.20 Å². The quantitative estimate of drug-likeness (QED) is 0.871. The molecule has 2 aromatic rings. The number of thiazole rings is 1. The average Bonchev–Trinajstić information content (AvgIpc) is 3.27. The molecule has 2 amide bonds. The predicted octanol–water partition coefficient (Wildman–Crippen LogP) is 2.56. The van der Waals surface area contributed by atoms with E-state index in [9.17, 15) is 9.59 Å². The number of hydrogen-bond donors (Lipinski definition) is 1. The van der Waals surface area contributed by atoms with E-state index in [2.05, 4.69) is 15.4 Å². The molecule has 146 valence electrons. The van der Waals surface area contributed by atoms with E-state index < -0.39 is 5.41 Å². The van der Waals surface area contributed by atoms with E-state index in [1.807, 2.05) is 44.3 Å². The summed E-state index contributed by atoms with van der Waals surface area (Å²) in [5.41, 5.74) is 1.01. The fourth-order valence-electron chi connectivity index (χ4n) is 3.12. The van der Waals surface area contributed by atoms with Crippen LogP contribution in [0.4, 0.5) is 0 Å². The molecule has 0 saturated carbocycles. The average molecular weight is 390 g/mol. The highest BCUT2D eigenvalue weighted by molar-refractivity contribution is 7.13. The van der Waals surface area contributed by atoms with E-state index >= 15 is 0 Å². The van der Waals surface area contributed by atoms with Crippen molar-refractivity contribution < 1.29 is 9.59 Å². The lowest BCUT2D eigenvalue weighted by Gasteiger charge is -2.33. The zero-order valence-electron chi connectivity index (χ0n) is 16.4. The number of rotatable bonds is 4. The maximum Gasteiger partial charge on any atom is 0.273 e. The first-order valence-electron chi connectivity index (χ1n) is 9.26. The molecule has 1 atom stereocenters. The number of amides is 2. The van der Waals surface area contributed by atoms with Crippen LogP contribution in [-0.2, 0) is 11.8 Å². The summed E-state index contributed by atoms with van der Waals surface area (Å²) in [6.45, 7) is 7.71. The Morgan fingerprint density at radius 3 is 2.81 bits per heavy atom. The largest absolute Gasteiger partial charge is 0.355 e. The minimum atomic E-state index is -0.395. The number of aromatic nitrogens is 3. The van der Waals surface area contributed by atoms with Gasteiger partial charge in [0.2, 0.25) is 5.91 Å². The summed E-state index contributed by atoms with van der Waals surface area (Å²) >= 11 is 1.46. The molecule has 1 aliphatic heterocycles. The number of carbonyl (C=O) groups is 2. The van der Waals surface area contributed by atoms with Crippen LogP contribution in [0.1, 0.15) is 44.1 Å². The van der Waals surface area contributed by atoms with Gasteiger partial charge in [0.15, 0.2) is 0 Å². The molecule has 8 heteroatoms. The first-order chi connectivity index (χ1) is 12.7. The van der Waals surface area contributed by atoms with Crippen molar-refractivity contribution in [2.45, 2.75) is 33.6 Å². The van der Waals surface area contributed by atoms with Crippen LogP contribution in [0.15, 0.2) is 17.8 Å². The van der Waals surface area contributed by atoms with Gasteiger partial charge in [-0.25, -0.2) is 4.98 Å². The highest BCUT2D eigenvalue weighted by Gasteiger charge is 2.28. The molecule has 0 radical (unpaired) electrons. The number of likely N-dealkylation sites (tertiary alicyclic amines) is 1. The second-order valence-corrected chi connectivity index (χ2v) is 9.02. The summed E-state index contributed by atoms with van der Waals surface area (Å²) in [4.78, 5) is 31.3. The zero-order valence-corrected chi connectivity index (χ0v) is 17.2. The van der Waals surface area contributed by atoms with Gasteiger partial charge in [-0.05, 0) is 18.8 Å². The Kier molecular flexibility index (Phi) is 5.64. The predicted molar refractivity (Wildman–Crippen MR) is 105 cm³/mol. The van der Waals surface area contributed by atoms with Crippen molar-refractivity contribution in [1.82, 2.24) is 25.0 Å². The van der Waals surface area contributed by atoms with E-state index in [1.165, 1.54) is 11.3 Å². The minimum Gasteiger partial charge on any atom is -0.355 e. The Morgan fingerprint density at radius 2 is 2.15 bits per heavy atom. The van der Waals surface area contributed by atoms with E-state index in [-0.39, 0.29) is 17.7 Å². The van der Waals surface area contributed by atoms with Gasteiger partial charge >= 0.3 is 0 Å². The molecule has 1 N–H and O–H groups in total. The molecule has 1 unspecified atom stereocenters. The SMILES string of the molecule is Cn1cc(-c2nc(C(=O)N3CCCC(CNC(=O)C(C)(C)C)C3)cs2)cn1. The monoisotopic (exact) mass is 389 g/mol. The molecule has 7 nitrogen and oxygen atoms in total. The summed E-state index contributed by atoms with van der Waals surface area (Å²) in [5.74, 6) is 0.297. The third-order valence-corrected chi connectivity index (χ3v) is 5.61. The molecular formula is C19H27N5O2S. The Labute approximate surface area is 163 Å². The first-order valence-corrected chi connectivity index (χ1v) is 10.1. The van der Waals surface area contributed by atoms with Crippen LogP contribution in [0.5, 0.6) is 0 Å². The van der Waals surface area contributed by atoms with Crippen molar-refractivity contribution in [2.24, 2.45) is 18.4 Å². The highest BCUT2D eigenvalue weighted by atomic mass is 32.1. The van der Waals surface area contributed by atoms with E-state index in [4.69, 9.17) is 0 Å². The standard InChI is InChI=1S/C19H27N5O2S/c1-19(2,3)18(26)20-8-13-6-5-7-24(10-13)17(25)15-12-27-16(22-15)14-9-21-23(4)11-14/h9,11-13H,5-8,10H2,1-4H3,(H,20,26). The van der Waals surface area contributed by atoms with Gasteiger partial charge in [0.25, 0.3) is 5.91 Å².